The van der Waals surface area contributed by atoms with Gasteiger partial charge >= 0.3 is 0 Å². The molecule has 1 aromatic carbocycles. The van der Waals surface area contributed by atoms with Gasteiger partial charge in [0, 0.05) is 0 Å². The van der Waals surface area contributed by atoms with Crippen LogP contribution in [-0.4, -0.2) is 50.2 Å². The van der Waals surface area contributed by atoms with Gasteiger partial charge in [-0.3, -0.25) is 18.7 Å². The number of nitriles is 1. The third kappa shape index (κ3) is 3.86. The van der Waals surface area contributed by atoms with Gasteiger partial charge in [-0.15, -0.1) is 0 Å². The van der Waals surface area contributed by atoms with Gasteiger partial charge < -0.3 is 0 Å². The fourth-order valence-electron chi connectivity index (χ4n) is 2.68. The summed E-state index contributed by atoms with van der Waals surface area (Å²) in [5.41, 5.74) is -1.64. The zero-order valence-electron chi connectivity index (χ0n) is 13.6. The Hall–Kier alpha value is -2.31. The SMILES string of the molecule is CS(=O)(=O)OCCCCC(C#N)(CF)N1C(=O)c2ccccc2C1=O. The van der Waals surface area contributed by atoms with Crippen molar-refractivity contribution in [1.82, 2.24) is 4.90 Å². The number of benzene rings is 1. The van der Waals surface area contributed by atoms with Crippen molar-refractivity contribution in [3.63, 3.8) is 0 Å². The number of hydrogen-bond donors (Lipinski definition) is 0. The molecule has 7 nitrogen and oxygen atoms in total. The van der Waals surface area contributed by atoms with Crippen molar-refractivity contribution in [3.8, 4) is 6.07 Å². The van der Waals surface area contributed by atoms with Crippen LogP contribution in [0.25, 0.3) is 0 Å². The molecule has 1 aliphatic rings. The largest absolute Gasteiger partial charge is 0.270 e. The third-order valence-electron chi connectivity index (χ3n) is 3.93. The maximum absolute atomic E-state index is 13.7. The minimum atomic E-state index is -3.58. The molecule has 1 atom stereocenters. The van der Waals surface area contributed by atoms with Crippen LogP contribution in [0.1, 0.15) is 40.0 Å². The van der Waals surface area contributed by atoms with E-state index in [1.54, 1.807) is 18.2 Å². The molecule has 0 saturated carbocycles. The molecule has 2 rings (SSSR count). The van der Waals surface area contributed by atoms with E-state index in [9.17, 15) is 27.7 Å². The Morgan fingerprint density at radius 3 is 2.20 bits per heavy atom. The number of amides is 2. The van der Waals surface area contributed by atoms with Crippen LogP contribution >= 0.6 is 0 Å². The number of unbranched alkanes of at least 4 members (excludes halogenated alkanes) is 1. The zero-order valence-corrected chi connectivity index (χ0v) is 14.4. The minimum Gasteiger partial charge on any atom is -0.270 e. The van der Waals surface area contributed by atoms with E-state index in [2.05, 4.69) is 4.18 Å². The molecule has 0 saturated heterocycles. The molecule has 25 heavy (non-hydrogen) atoms. The summed E-state index contributed by atoms with van der Waals surface area (Å²) in [6, 6.07) is 7.83. The predicted octanol–water partition coefficient (Wildman–Crippen LogP) is 1.66. The molecule has 0 bridgehead atoms. The number of carbonyl (C=O) groups excluding carboxylic acids is 2. The molecule has 2 amide bonds. The number of fused-ring (bicyclic) bond motifs is 1. The molecule has 9 heteroatoms. The molecule has 134 valence electrons. The fraction of sp³-hybridized carbons (Fsp3) is 0.438. The molecule has 0 aliphatic carbocycles. The van der Waals surface area contributed by atoms with Gasteiger partial charge in [0.05, 0.1) is 30.1 Å². The average Bonchev–Trinajstić information content (AvgIpc) is 2.83. The van der Waals surface area contributed by atoms with E-state index in [0.29, 0.717) is 4.90 Å². The van der Waals surface area contributed by atoms with Gasteiger partial charge in [0.2, 0.25) is 0 Å². The van der Waals surface area contributed by atoms with Crippen molar-refractivity contribution < 1.29 is 26.6 Å². The van der Waals surface area contributed by atoms with Crippen molar-refractivity contribution >= 4 is 21.9 Å². The summed E-state index contributed by atoms with van der Waals surface area (Å²) in [7, 11) is -3.58. The van der Waals surface area contributed by atoms with Crippen molar-refractivity contribution in [2.45, 2.75) is 24.8 Å². The molecule has 0 fully saturated rings. The highest BCUT2D eigenvalue weighted by Gasteiger charge is 2.49. The molecule has 0 N–H and O–H groups in total. The number of rotatable bonds is 8. The first-order valence-electron chi connectivity index (χ1n) is 7.55. The highest BCUT2D eigenvalue weighted by atomic mass is 32.2. The van der Waals surface area contributed by atoms with E-state index < -0.39 is 34.1 Å². The lowest BCUT2D eigenvalue weighted by Crippen LogP contribution is -2.52. The summed E-state index contributed by atoms with van der Waals surface area (Å²) in [6.45, 7) is -1.32. The highest BCUT2D eigenvalue weighted by Crippen LogP contribution is 2.32. The lowest BCUT2D eigenvalue weighted by molar-refractivity contribution is 0.0446. The molecule has 1 aliphatic heterocycles. The predicted molar refractivity (Wildman–Crippen MR) is 85.9 cm³/mol. The Bertz CT molecular complexity index is 798. The van der Waals surface area contributed by atoms with Crippen LogP contribution < -0.4 is 0 Å². The van der Waals surface area contributed by atoms with E-state index in [-0.39, 0.29) is 37.0 Å². The lowest BCUT2D eigenvalue weighted by atomic mass is 9.93. The quantitative estimate of drug-likeness (QED) is 0.393. The summed E-state index contributed by atoms with van der Waals surface area (Å²) in [5, 5.41) is 9.47. The second kappa shape index (κ2) is 7.29. The number of nitrogens with zero attached hydrogens (tertiary/aromatic N) is 2. The van der Waals surface area contributed by atoms with Gasteiger partial charge in [0.25, 0.3) is 21.9 Å². The van der Waals surface area contributed by atoms with Crippen molar-refractivity contribution in [3.05, 3.63) is 35.4 Å². The van der Waals surface area contributed by atoms with Crippen LogP contribution in [0.2, 0.25) is 0 Å². The van der Waals surface area contributed by atoms with E-state index in [1.807, 2.05) is 0 Å². The first-order chi connectivity index (χ1) is 11.8. The Balaban J connectivity index is 2.14. The molecular weight excluding hydrogens is 351 g/mol. The van der Waals surface area contributed by atoms with Crippen molar-refractivity contribution in [2.75, 3.05) is 19.5 Å². The third-order valence-corrected chi connectivity index (χ3v) is 4.53. The van der Waals surface area contributed by atoms with Gasteiger partial charge in [-0.1, -0.05) is 12.1 Å². The molecule has 0 spiro atoms. The normalized spacial score (nSPS) is 16.4. The monoisotopic (exact) mass is 368 g/mol. The maximum Gasteiger partial charge on any atom is 0.264 e. The van der Waals surface area contributed by atoms with Crippen LogP contribution in [0.15, 0.2) is 24.3 Å². The van der Waals surface area contributed by atoms with Crippen molar-refractivity contribution in [2.24, 2.45) is 0 Å². The van der Waals surface area contributed by atoms with Crippen molar-refractivity contribution in [1.29, 1.82) is 5.26 Å². The van der Waals surface area contributed by atoms with Gasteiger partial charge in [-0.05, 0) is 31.4 Å². The average molecular weight is 368 g/mol. The minimum absolute atomic E-state index is 0.113. The second-order valence-electron chi connectivity index (χ2n) is 5.75. The number of halogens is 1. The number of alkyl halides is 1. The summed E-state index contributed by atoms with van der Waals surface area (Å²) in [6.07, 6.45) is 1.24. The Labute approximate surface area is 145 Å². The van der Waals surface area contributed by atoms with Crippen LogP contribution in [-0.2, 0) is 14.3 Å². The number of imide groups is 1. The molecule has 1 unspecified atom stereocenters. The maximum atomic E-state index is 13.7. The van der Waals surface area contributed by atoms with Crippen LogP contribution in [0.5, 0.6) is 0 Å². The highest BCUT2D eigenvalue weighted by molar-refractivity contribution is 7.85. The first-order valence-corrected chi connectivity index (χ1v) is 9.37. The van der Waals surface area contributed by atoms with E-state index in [0.717, 1.165) is 6.26 Å². The molecule has 0 aromatic heterocycles. The summed E-state index contributed by atoms with van der Waals surface area (Å²) < 4.78 is 40.1. The van der Waals surface area contributed by atoms with Crippen LogP contribution in [0.3, 0.4) is 0 Å². The summed E-state index contributed by atoms with van der Waals surface area (Å²) in [5.74, 6) is -1.40. The second-order valence-corrected chi connectivity index (χ2v) is 7.40. The Kier molecular flexibility index (Phi) is 5.55. The van der Waals surface area contributed by atoms with Crippen LogP contribution in [0, 0.1) is 11.3 Å². The Morgan fingerprint density at radius 2 is 1.76 bits per heavy atom. The standard InChI is InChI=1S/C16H17FN2O5S/c1-25(22,23)24-9-5-4-8-16(10-17,11-18)19-14(20)12-6-2-3-7-13(12)15(19)21/h2-3,6-7H,4-5,8-10H2,1H3. The number of carbonyl (C=O) groups is 2. The van der Waals surface area contributed by atoms with Gasteiger partial charge in [0.1, 0.15) is 6.67 Å². The summed E-state index contributed by atoms with van der Waals surface area (Å²) in [4.78, 5) is 25.6. The van der Waals surface area contributed by atoms with Gasteiger partial charge in [-0.2, -0.15) is 13.7 Å². The van der Waals surface area contributed by atoms with E-state index >= 15 is 0 Å². The van der Waals surface area contributed by atoms with E-state index in [4.69, 9.17) is 0 Å². The molecule has 1 heterocycles. The molecule has 0 radical (unpaired) electrons. The lowest BCUT2D eigenvalue weighted by Gasteiger charge is -2.32. The first kappa shape index (κ1) is 19.0. The molecular formula is C16H17FN2O5S. The van der Waals surface area contributed by atoms with Crippen LogP contribution in [0.4, 0.5) is 4.39 Å². The van der Waals surface area contributed by atoms with Gasteiger partial charge in [0.15, 0.2) is 5.54 Å². The Morgan fingerprint density at radius 1 is 1.20 bits per heavy atom. The smallest absolute Gasteiger partial charge is 0.264 e. The summed E-state index contributed by atoms with van der Waals surface area (Å²) >= 11 is 0. The number of hydrogen-bond acceptors (Lipinski definition) is 6. The zero-order chi connectivity index (χ0) is 18.7. The fourth-order valence-corrected chi connectivity index (χ4v) is 3.10. The molecule has 1 aromatic rings. The van der Waals surface area contributed by atoms with E-state index in [1.165, 1.54) is 12.1 Å². The van der Waals surface area contributed by atoms with Gasteiger partial charge in [-0.25, -0.2) is 4.39 Å². The topological polar surface area (TPSA) is 105 Å².